The minimum absolute atomic E-state index is 0.0474. The summed E-state index contributed by atoms with van der Waals surface area (Å²) < 4.78 is 52.5. The first-order valence-corrected chi connectivity index (χ1v) is 11.1. The zero-order valence-electron chi connectivity index (χ0n) is 18.7. The third-order valence-corrected chi connectivity index (χ3v) is 6.09. The lowest BCUT2D eigenvalue weighted by molar-refractivity contribution is -0.274. The monoisotopic (exact) mass is 470 g/mol. The Labute approximate surface area is 190 Å². The summed E-state index contributed by atoms with van der Waals surface area (Å²) in [5, 5.41) is 15.2. The van der Waals surface area contributed by atoms with Gasteiger partial charge < -0.3 is 19.1 Å². The van der Waals surface area contributed by atoms with E-state index in [0.29, 0.717) is 57.5 Å². The number of halogens is 3. The lowest BCUT2D eigenvalue weighted by atomic mass is 9.84. The second kappa shape index (κ2) is 9.96. The van der Waals surface area contributed by atoms with E-state index in [0.717, 1.165) is 5.56 Å². The molecular formula is C22H29F3N4O4. The van der Waals surface area contributed by atoms with E-state index in [1.54, 1.807) is 12.1 Å². The highest BCUT2D eigenvalue weighted by molar-refractivity contribution is 5.30. The maximum absolute atomic E-state index is 12.5. The minimum atomic E-state index is -4.73. The van der Waals surface area contributed by atoms with Crippen molar-refractivity contribution >= 4 is 0 Å². The van der Waals surface area contributed by atoms with E-state index in [9.17, 15) is 18.3 Å². The molecule has 0 spiro atoms. The number of likely N-dealkylation sites (tertiary alicyclic amines) is 1. The van der Waals surface area contributed by atoms with Crippen LogP contribution in [0, 0.1) is 0 Å². The van der Waals surface area contributed by atoms with Gasteiger partial charge in [0.25, 0.3) is 0 Å². The van der Waals surface area contributed by atoms with Gasteiger partial charge in [0.2, 0.25) is 5.89 Å². The van der Waals surface area contributed by atoms with Gasteiger partial charge in [0.05, 0.1) is 19.1 Å². The third-order valence-electron chi connectivity index (χ3n) is 6.09. The predicted molar refractivity (Wildman–Crippen MR) is 112 cm³/mol. The van der Waals surface area contributed by atoms with Crippen LogP contribution in [0.25, 0.3) is 0 Å². The lowest BCUT2D eigenvalue weighted by Crippen LogP contribution is -2.55. The van der Waals surface area contributed by atoms with E-state index >= 15 is 0 Å². The summed E-state index contributed by atoms with van der Waals surface area (Å²) in [6.07, 6.45) is -4.87. The second-order valence-electron chi connectivity index (χ2n) is 8.84. The summed E-state index contributed by atoms with van der Waals surface area (Å²) in [6.45, 7) is 7.39. The highest BCUT2D eigenvalue weighted by Crippen LogP contribution is 2.37. The Morgan fingerprint density at radius 3 is 2.33 bits per heavy atom. The third kappa shape index (κ3) is 6.03. The molecule has 0 saturated carbocycles. The van der Waals surface area contributed by atoms with Crippen LogP contribution in [0.1, 0.15) is 55.3 Å². The average molecular weight is 470 g/mol. The summed E-state index contributed by atoms with van der Waals surface area (Å²) in [7, 11) is 0. The number of rotatable bonds is 6. The predicted octanol–water partition coefficient (Wildman–Crippen LogP) is 3.27. The van der Waals surface area contributed by atoms with E-state index in [1.807, 2.05) is 23.6 Å². The summed E-state index contributed by atoms with van der Waals surface area (Å²) in [5.41, 5.74) is 0.858. The van der Waals surface area contributed by atoms with Crippen LogP contribution in [-0.4, -0.2) is 77.2 Å². The maximum atomic E-state index is 12.5. The molecule has 1 N–H and O–H groups in total. The molecule has 182 valence electrons. The molecule has 2 fully saturated rings. The van der Waals surface area contributed by atoms with E-state index in [4.69, 9.17) is 9.26 Å². The lowest BCUT2D eigenvalue weighted by Gasteiger charge is -2.43. The van der Waals surface area contributed by atoms with Crippen LogP contribution in [0.5, 0.6) is 5.75 Å². The molecule has 0 bridgehead atoms. The summed E-state index contributed by atoms with van der Waals surface area (Å²) in [4.78, 5) is 8.47. The van der Waals surface area contributed by atoms with Crippen LogP contribution < -0.4 is 4.74 Å². The molecule has 3 heterocycles. The first kappa shape index (κ1) is 23.9. The van der Waals surface area contributed by atoms with Crippen molar-refractivity contribution in [1.29, 1.82) is 0 Å². The standard InChI is InChI=1S/C22H29F3N4O4/c1-14(2)19-26-20(33-27-19)17-11-16(15-3-5-18(6-4-15)32-22(23,24)25)12-29(13-17)21(30)28-7-9-31-10-8-28/h3-6,14,16-17,21,30H,7-13H2,1-2H3. The summed E-state index contributed by atoms with van der Waals surface area (Å²) in [5.74, 6) is 0.834. The molecule has 0 radical (unpaired) electrons. The molecule has 33 heavy (non-hydrogen) atoms. The molecular weight excluding hydrogens is 441 g/mol. The fourth-order valence-electron chi connectivity index (χ4n) is 4.37. The first-order valence-electron chi connectivity index (χ1n) is 11.1. The van der Waals surface area contributed by atoms with Gasteiger partial charge in [0, 0.05) is 32.1 Å². The number of hydrogen-bond donors (Lipinski definition) is 1. The normalized spacial score (nSPS) is 24.2. The number of piperidine rings is 1. The van der Waals surface area contributed by atoms with Crippen LogP contribution in [0.2, 0.25) is 0 Å². The molecule has 2 aliphatic heterocycles. The number of aromatic nitrogens is 2. The zero-order valence-corrected chi connectivity index (χ0v) is 18.7. The van der Waals surface area contributed by atoms with Crippen LogP contribution in [0.15, 0.2) is 28.8 Å². The van der Waals surface area contributed by atoms with Crippen LogP contribution in [0.3, 0.4) is 0 Å². The van der Waals surface area contributed by atoms with Crippen molar-refractivity contribution in [3.8, 4) is 5.75 Å². The number of aliphatic hydroxyl groups is 1. The number of aliphatic hydroxyl groups excluding tert-OH is 1. The van der Waals surface area contributed by atoms with E-state index < -0.39 is 12.7 Å². The molecule has 1 aromatic heterocycles. The van der Waals surface area contributed by atoms with Gasteiger partial charge in [0.1, 0.15) is 5.75 Å². The van der Waals surface area contributed by atoms with Gasteiger partial charge in [-0.2, -0.15) is 4.98 Å². The smallest absolute Gasteiger partial charge is 0.406 e. The number of ether oxygens (including phenoxy) is 2. The molecule has 4 rings (SSSR count). The molecule has 2 saturated heterocycles. The van der Waals surface area contributed by atoms with Gasteiger partial charge in [0.15, 0.2) is 12.2 Å². The van der Waals surface area contributed by atoms with Crippen molar-refractivity contribution in [3.05, 3.63) is 41.5 Å². The van der Waals surface area contributed by atoms with Gasteiger partial charge in [-0.1, -0.05) is 31.1 Å². The van der Waals surface area contributed by atoms with Gasteiger partial charge >= 0.3 is 6.36 Å². The van der Waals surface area contributed by atoms with Crippen molar-refractivity contribution < 1.29 is 32.3 Å². The van der Waals surface area contributed by atoms with Crippen molar-refractivity contribution in [2.45, 2.75) is 50.7 Å². The average Bonchev–Trinajstić information content (AvgIpc) is 3.29. The highest BCUT2D eigenvalue weighted by atomic mass is 19.4. The van der Waals surface area contributed by atoms with Crippen molar-refractivity contribution in [2.24, 2.45) is 0 Å². The van der Waals surface area contributed by atoms with Crippen molar-refractivity contribution in [2.75, 3.05) is 39.4 Å². The summed E-state index contributed by atoms with van der Waals surface area (Å²) >= 11 is 0. The van der Waals surface area contributed by atoms with E-state index in [2.05, 4.69) is 14.9 Å². The molecule has 1 aromatic carbocycles. The number of benzene rings is 1. The fourth-order valence-corrected chi connectivity index (χ4v) is 4.37. The number of hydrogen-bond acceptors (Lipinski definition) is 8. The van der Waals surface area contributed by atoms with Gasteiger partial charge in [-0.25, -0.2) is 0 Å². The molecule has 3 atom stereocenters. The Bertz CT molecular complexity index is 900. The molecule has 2 aliphatic rings. The topological polar surface area (TPSA) is 84.1 Å². The molecule has 0 amide bonds. The second-order valence-corrected chi connectivity index (χ2v) is 8.84. The van der Waals surface area contributed by atoms with Gasteiger partial charge in [-0.3, -0.25) is 9.80 Å². The molecule has 3 unspecified atom stereocenters. The maximum Gasteiger partial charge on any atom is 0.573 e. The van der Waals surface area contributed by atoms with Crippen molar-refractivity contribution in [1.82, 2.24) is 19.9 Å². The molecule has 2 aromatic rings. The Morgan fingerprint density at radius 2 is 1.73 bits per heavy atom. The quantitative estimate of drug-likeness (QED) is 0.689. The zero-order chi connectivity index (χ0) is 23.6. The number of nitrogens with zero attached hydrogens (tertiary/aromatic N) is 4. The first-order chi connectivity index (χ1) is 15.7. The number of alkyl halides is 3. The number of morpholine rings is 1. The Hall–Kier alpha value is -2.21. The minimum Gasteiger partial charge on any atom is -0.406 e. The SMILES string of the molecule is CC(C)c1noc(C2CC(c3ccc(OC(F)(F)F)cc3)CN(C(O)N3CCOCC3)C2)n1. The van der Waals surface area contributed by atoms with E-state index in [-0.39, 0.29) is 23.5 Å². The van der Waals surface area contributed by atoms with Gasteiger partial charge in [-0.05, 0) is 30.0 Å². The van der Waals surface area contributed by atoms with Crippen LogP contribution >= 0.6 is 0 Å². The Kier molecular flexibility index (Phi) is 7.22. The van der Waals surface area contributed by atoms with Crippen LogP contribution in [0.4, 0.5) is 13.2 Å². The largest absolute Gasteiger partial charge is 0.573 e. The Morgan fingerprint density at radius 1 is 1.06 bits per heavy atom. The van der Waals surface area contributed by atoms with Crippen LogP contribution in [-0.2, 0) is 4.74 Å². The Balaban J connectivity index is 1.55. The highest BCUT2D eigenvalue weighted by Gasteiger charge is 2.37. The summed E-state index contributed by atoms with van der Waals surface area (Å²) in [6, 6.07) is 5.92. The fraction of sp³-hybridized carbons (Fsp3) is 0.636. The molecule has 8 nitrogen and oxygen atoms in total. The van der Waals surface area contributed by atoms with Gasteiger partial charge in [-0.15, -0.1) is 13.2 Å². The van der Waals surface area contributed by atoms with Crippen molar-refractivity contribution in [3.63, 3.8) is 0 Å². The molecule has 11 heteroatoms. The molecule has 0 aliphatic carbocycles. The van der Waals surface area contributed by atoms with E-state index in [1.165, 1.54) is 12.1 Å².